The number of nitrogens with zero attached hydrogens (tertiary/aromatic N) is 2. The third-order valence-electron chi connectivity index (χ3n) is 4.53. The topological polar surface area (TPSA) is 23.6 Å². The highest BCUT2D eigenvalue weighted by molar-refractivity contribution is 6.42. The predicted molar refractivity (Wildman–Crippen MR) is 86.4 cm³/mol. The largest absolute Gasteiger partial charge is 0.298 e. The fourth-order valence-electron chi connectivity index (χ4n) is 3.33. The Balaban J connectivity index is 1.61. The zero-order chi connectivity index (χ0) is 14.8. The van der Waals surface area contributed by atoms with Gasteiger partial charge in [0.05, 0.1) is 16.6 Å². The molecule has 0 bridgehead atoms. The lowest BCUT2D eigenvalue weighted by molar-refractivity contribution is 0.0469. The third-order valence-corrected chi connectivity index (χ3v) is 5.27. The summed E-state index contributed by atoms with van der Waals surface area (Å²) in [5.74, 6) is 0.123. The number of ketones is 1. The van der Waals surface area contributed by atoms with Crippen LogP contribution in [0.1, 0.15) is 29.6 Å². The molecule has 0 aliphatic carbocycles. The van der Waals surface area contributed by atoms with E-state index in [4.69, 9.17) is 23.2 Å². The van der Waals surface area contributed by atoms with E-state index in [0.29, 0.717) is 28.2 Å². The Morgan fingerprint density at radius 3 is 2.81 bits per heavy atom. The minimum Gasteiger partial charge on any atom is -0.298 e. The number of benzene rings is 1. The van der Waals surface area contributed by atoms with Crippen LogP contribution in [0.2, 0.25) is 10.0 Å². The maximum Gasteiger partial charge on any atom is 0.176 e. The molecule has 0 radical (unpaired) electrons. The lowest BCUT2D eigenvalue weighted by Crippen LogP contribution is -2.55. The van der Waals surface area contributed by atoms with Gasteiger partial charge in [-0.15, -0.1) is 0 Å². The van der Waals surface area contributed by atoms with Crippen LogP contribution in [0.5, 0.6) is 0 Å². The number of hydrogen-bond donors (Lipinski definition) is 0. The first kappa shape index (κ1) is 15.3. The molecule has 0 spiro atoms. The van der Waals surface area contributed by atoms with E-state index in [9.17, 15) is 4.79 Å². The molecule has 2 aliphatic rings. The summed E-state index contributed by atoms with van der Waals surface area (Å²) in [6.07, 6.45) is 3.89. The van der Waals surface area contributed by atoms with Crippen molar-refractivity contribution in [1.29, 1.82) is 0 Å². The van der Waals surface area contributed by atoms with Crippen molar-refractivity contribution in [3.05, 3.63) is 33.8 Å². The molecule has 5 heteroatoms. The molecule has 0 saturated carbocycles. The van der Waals surface area contributed by atoms with Crippen LogP contribution in [0, 0.1) is 0 Å². The van der Waals surface area contributed by atoms with Gasteiger partial charge in [-0.1, -0.05) is 29.6 Å². The Bertz CT molecular complexity index is 535. The Morgan fingerprint density at radius 1 is 1.14 bits per heavy atom. The van der Waals surface area contributed by atoms with E-state index in [1.807, 2.05) is 0 Å². The van der Waals surface area contributed by atoms with Gasteiger partial charge in [-0.2, -0.15) is 0 Å². The zero-order valence-corrected chi connectivity index (χ0v) is 13.5. The van der Waals surface area contributed by atoms with Crippen LogP contribution in [0.4, 0.5) is 0 Å². The Kier molecular flexibility index (Phi) is 4.85. The van der Waals surface area contributed by atoms with E-state index in [2.05, 4.69) is 9.80 Å². The fraction of sp³-hybridized carbons (Fsp3) is 0.562. The van der Waals surface area contributed by atoms with E-state index in [1.54, 1.807) is 18.2 Å². The standard InChI is InChI=1S/C16H20Cl2N2O/c17-14-5-4-12(9-15(14)18)16(21)11-19-7-8-20-6-2-1-3-13(20)10-19/h4-5,9,13H,1-3,6-8,10-11H2. The molecule has 1 aromatic carbocycles. The molecule has 1 atom stereocenters. The molecule has 114 valence electrons. The molecule has 0 amide bonds. The normalized spacial score (nSPS) is 23.8. The summed E-state index contributed by atoms with van der Waals surface area (Å²) < 4.78 is 0. The molecule has 3 nitrogen and oxygen atoms in total. The van der Waals surface area contributed by atoms with E-state index in [-0.39, 0.29) is 5.78 Å². The molecule has 1 aromatic rings. The highest BCUT2D eigenvalue weighted by Crippen LogP contribution is 2.24. The zero-order valence-electron chi connectivity index (χ0n) is 12.0. The number of piperazine rings is 1. The Morgan fingerprint density at radius 2 is 2.00 bits per heavy atom. The van der Waals surface area contributed by atoms with E-state index >= 15 is 0 Å². The van der Waals surface area contributed by atoms with Crippen LogP contribution in [0.15, 0.2) is 18.2 Å². The molecular formula is C16H20Cl2N2O. The molecule has 2 heterocycles. The third kappa shape index (κ3) is 3.59. The number of fused-ring (bicyclic) bond motifs is 1. The summed E-state index contributed by atoms with van der Waals surface area (Å²) in [5, 5.41) is 0.934. The maximum absolute atomic E-state index is 12.4. The van der Waals surface area contributed by atoms with Gasteiger partial charge in [0.1, 0.15) is 0 Å². The second-order valence-electron chi connectivity index (χ2n) is 5.97. The van der Waals surface area contributed by atoms with E-state index in [1.165, 1.54) is 25.8 Å². The summed E-state index contributed by atoms with van der Waals surface area (Å²) in [7, 11) is 0. The van der Waals surface area contributed by atoms with Crippen LogP contribution in [0.3, 0.4) is 0 Å². The average molecular weight is 327 g/mol. The number of carbonyl (C=O) groups excluding carboxylic acids is 1. The van der Waals surface area contributed by atoms with Crippen molar-refractivity contribution in [1.82, 2.24) is 9.80 Å². The molecule has 0 aromatic heterocycles. The molecule has 21 heavy (non-hydrogen) atoms. The van der Waals surface area contributed by atoms with Crippen LogP contribution in [0.25, 0.3) is 0 Å². The second kappa shape index (κ2) is 6.66. The SMILES string of the molecule is O=C(CN1CCN2CCCCC2C1)c1ccc(Cl)c(Cl)c1. The van der Waals surface area contributed by atoms with Gasteiger partial charge in [0.2, 0.25) is 0 Å². The monoisotopic (exact) mass is 326 g/mol. The molecule has 2 fully saturated rings. The van der Waals surface area contributed by atoms with Crippen LogP contribution < -0.4 is 0 Å². The van der Waals surface area contributed by atoms with Gasteiger partial charge in [0.25, 0.3) is 0 Å². The highest BCUT2D eigenvalue weighted by atomic mass is 35.5. The summed E-state index contributed by atoms with van der Waals surface area (Å²) in [5.41, 5.74) is 0.649. The van der Waals surface area contributed by atoms with Gasteiger partial charge in [-0.3, -0.25) is 14.6 Å². The quantitative estimate of drug-likeness (QED) is 0.796. The van der Waals surface area contributed by atoms with Crippen molar-refractivity contribution in [2.24, 2.45) is 0 Å². The van der Waals surface area contributed by atoms with Gasteiger partial charge in [0.15, 0.2) is 5.78 Å². The van der Waals surface area contributed by atoms with E-state index < -0.39 is 0 Å². The average Bonchev–Trinajstić information content (AvgIpc) is 2.50. The number of carbonyl (C=O) groups is 1. The first-order valence-corrected chi connectivity index (χ1v) is 8.34. The van der Waals surface area contributed by atoms with Gasteiger partial charge in [-0.05, 0) is 37.6 Å². The summed E-state index contributed by atoms with van der Waals surface area (Å²) >= 11 is 11.9. The fourth-order valence-corrected chi connectivity index (χ4v) is 3.63. The molecule has 3 rings (SSSR count). The van der Waals surface area contributed by atoms with Crippen LogP contribution in [-0.2, 0) is 0 Å². The van der Waals surface area contributed by atoms with Crippen molar-refractivity contribution < 1.29 is 4.79 Å². The van der Waals surface area contributed by atoms with E-state index in [0.717, 1.165) is 19.6 Å². The molecule has 1 unspecified atom stereocenters. The van der Waals surface area contributed by atoms with Crippen molar-refractivity contribution in [3.63, 3.8) is 0 Å². The lowest BCUT2D eigenvalue weighted by atomic mass is 9.99. The number of halogens is 2. The minimum atomic E-state index is 0.123. The summed E-state index contributed by atoms with van der Waals surface area (Å²) in [6.45, 7) is 4.76. The molecule has 2 saturated heterocycles. The molecule has 2 aliphatic heterocycles. The van der Waals surface area contributed by atoms with Crippen LogP contribution in [-0.4, -0.2) is 54.3 Å². The first-order chi connectivity index (χ1) is 10.1. The van der Waals surface area contributed by atoms with Crippen molar-refractivity contribution in [2.75, 3.05) is 32.7 Å². The van der Waals surface area contributed by atoms with Gasteiger partial charge in [0, 0.05) is 31.2 Å². The van der Waals surface area contributed by atoms with Gasteiger partial charge < -0.3 is 0 Å². The van der Waals surface area contributed by atoms with Gasteiger partial charge in [-0.25, -0.2) is 0 Å². The Labute approximate surface area is 135 Å². The number of hydrogen-bond acceptors (Lipinski definition) is 3. The van der Waals surface area contributed by atoms with Gasteiger partial charge >= 0.3 is 0 Å². The summed E-state index contributed by atoms with van der Waals surface area (Å²) in [6, 6.07) is 5.75. The Hall–Kier alpha value is -0.610. The number of piperidine rings is 1. The van der Waals surface area contributed by atoms with Crippen molar-refractivity contribution in [3.8, 4) is 0 Å². The smallest absolute Gasteiger partial charge is 0.176 e. The first-order valence-electron chi connectivity index (χ1n) is 7.58. The highest BCUT2D eigenvalue weighted by Gasteiger charge is 2.29. The van der Waals surface area contributed by atoms with Crippen LogP contribution >= 0.6 is 23.2 Å². The second-order valence-corrected chi connectivity index (χ2v) is 6.79. The molecule has 0 N–H and O–H groups in total. The molecular weight excluding hydrogens is 307 g/mol. The maximum atomic E-state index is 12.4. The number of Topliss-reactive ketones (excluding diaryl/α,β-unsaturated/α-hetero) is 1. The predicted octanol–water partition coefficient (Wildman–Crippen LogP) is 3.35. The summed E-state index contributed by atoms with van der Waals surface area (Å²) in [4.78, 5) is 17.2. The number of rotatable bonds is 3. The minimum absolute atomic E-state index is 0.123. The van der Waals surface area contributed by atoms with Crippen molar-refractivity contribution >= 4 is 29.0 Å². The van der Waals surface area contributed by atoms with Crippen molar-refractivity contribution in [2.45, 2.75) is 25.3 Å². The lowest BCUT2D eigenvalue weighted by Gasteiger charge is -2.43.